The molecule has 15 heavy (non-hydrogen) atoms. The summed E-state index contributed by atoms with van der Waals surface area (Å²) >= 11 is 5.38. The highest BCUT2D eigenvalue weighted by molar-refractivity contribution is 6.29. The molecule has 2 N–H and O–H groups in total. The van der Waals surface area contributed by atoms with Crippen molar-refractivity contribution in [2.24, 2.45) is 5.73 Å². The number of ether oxygens (including phenoxy) is 1. The first-order valence-corrected chi connectivity index (χ1v) is 3.89. The molecule has 0 aliphatic carbocycles. The Morgan fingerprint density at radius 2 is 2.07 bits per heavy atom. The van der Waals surface area contributed by atoms with Gasteiger partial charge >= 0.3 is 6.36 Å². The van der Waals surface area contributed by atoms with Crippen LogP contribution in [0.25, 0.3) is 0 Å². The molecule has 82 valence electrons. The van der Waals surface area contributed by atoms with E-state index in [-0.39, 0.29) is 5.15 Å². The highest BCUT2D eigenvalue weighted by atomic mass is 35.5. The third-order valence-electron chi connectivity index (χ3n) is 1.28. The van der Waals surface area contributed by atoms with Crippen LogP contribution in [0.5, 0.6) is 5.75 Å². The normalized spacial score (nSPS) is 11.2. The summed E-state index contributed by atoms with van der Waals surface area (Å²) in [5, 5.41) is -0.154. The number of carbonyl (C=O) groups is 1. The van der Waals surface area contributed by atoms with Crippen molar-refractivity contribution in [2.45, 2.75) is 6.36 Å². The number of aromatic nitrogens is 1. The quantitative estimate of drug-likeness (QED) is 0.801. The summed E-state index contributed by atoms with van der Waals surface area (Å²) in [4.78, 5) is 14.0. The van der Waals surface area contributed by atoms with Gasteiger partial charge in [0.15, 0.2) is 11.4 Å². The molecule has 1 aromatic heterocycles. The Morgan fingerprint density at radius 1 is 1.47 bits per heavy atom. The lowest BCUT2D eigenvalue weighted by atomic mass is 10.3. The standard InChI is InChI=1S/C7H4ClF3N2O2/c8-4-2-1-3(15-7(9,10)11)5(13-4)6(12)14/h1-2H,(H2,12,14). The van der Waals surface area contributed by atoms with E-state index >= 15 is 0 Å². The third-order valence-corrected chi connectivity index (χ3v) is 1.49. The second-order valence-electron chi connectivity index (χ2n) is 2.39. The van der Waals surface area contributed by atoms with E-state index in [0.29, 0.717) is 0 Å². The maximum Gasteiger partial charge on any atom is 0.573 e. The van der Waals surface area contributed by atoms with Crippen LogP contribution in [0.2, 0.25) is 5.15 Å². The molecule has 1 amide bonds. The van der Waals surface area contributed by atoms with E-state index in [2.05, 4.69) is 9.72 Å². The first-order valence-electron chi connectivity index (χ1n) is 3.51. The number of alkyl halides is 3. The summed E-state index contributed by atoms with van der Waals surface area (Å²) < 4.78 is 39.1. The SMILES string of the molecule is NC(=O)c1nc(Cl)ccc1OC(F)(F)F. The fraction of sp³-hybridized carbons (Fsp3) is 0.143. The van der Waals surface area contributed by atoms with Gasteiger partial charge in [-0.15, -0.1) is 13.2 Å². The van der Waals surface area contributed by atoms with Gasteiger partial charge < -0.3 is 10.5 Å². The molecule has 0 aliphatic heterocycles. The maximum absolute atomic E-state index is 11.9. The van der Waals surface area contributed by atoms with E-state index < -0.39 is 23.7 Å². The summed E-state index contributed by atoms with van der Waals surface area (Å²) in [6.07, 6.45) is -4.92. The second-order valence-corrected chi connectivity index (χ2v) is 2.78. The number of hydrogen-bond donors (Lipinski definition) is 1. The molecular weight excluding hydrogens is 237 g/mol. The molecule has 0 bridgehead atoms. The van der Waals surface area contributed by atoms with E-state index in [1.165, 1.54) is 0 Å². The monoisotopic (exact) mass is 240 g/mol. The number of hydrogen-bond acceptors (Lipinski definition) is 3. The molecule has 0 unspecified atom stereocenters. The van der Waals surface area contributed by atoms with E-state index in [1.807, 2.05) is 0 Å². The molecule has 0 atom stereocenters. The highest BCUT2D eigenvalue weighted by Gasteiger charge is 2.33. The molecule has 0 spiro atoms. The summed E-state index contributed by atoms with van der Waals surface area (Å²) in [5.74, 6) is -1.93. The van der Waals surface area contributed by atoms with Crippen LogP contribution in [-0.4, -0.2) is 17.3 Å². The summed E-state index contributed by atoms with van der Waals surface area (Å²) in [5.41, 5.74) is 4.13. The average Bonchev–Trinajstić information content (AvgIpc) is 2.05. The first-order chi connectivity index (χ1) is 6.79. The van der Waals surface area contributed by atoms with Crippen molar-refractivity contribution >= 4 is 17.5 Å². The number of carbonyl (C=O) groups excluding carboxylic acids is 1. The van der Waals surface area contributed by atoms with Gasteiger partial charge in [0, 0.05) is 0 Å². The van der Waals surface area contributed by atoms with Crippen molar-refractivity contribution in [1.29, 1.82) is 0 Å². The molecule has 1 heterocycles. The van der Waals surface area contributed by atoms with Crippen molar-refractivity contribution in [3.8, 4) is 5.75 Å². The molecule has 0 saturated carbocycles. The van der Waals surface area contributed by atoms with Gasteiger partial charge in [0.1, 0.15) is 5.15 Å². The van der Waals surface area contributed by atoms with Crippen molar-refractivity contribution in [3.63, 3.8) is 0 Å². The maximum atomic E-state index is 11.9. The molecule has 1 rings (SSSR count). The van der Waals surface area contributed by atoms with Crippen LogP contribution >= 0.6 is 11.6 Å². The van der Waals surface area contributed by atoms with Gasteiger partial charge in [-0.05, 0) is 12.1 Å². The Labute approximate surface area is 86.8 Å². The Kier molecular flexibility index (Phi) is 3.04. The molecule has 0 radical (unpaired) electrons. The van der Waals surface area contributed by atoms with Gasteiger partial charge in [-0.25, -0.2) is 4.98 Å². The predicted octanol–water partition coefficient (Wildman–Crippen LogP) is 1.73. The number of nitrogens with two attached hydrogens (primary N) is 1. The van der Waals surface area contributed by atoms with Gasteiger partial charge in [0.25, 0.3) is 5.91 Å². The van der Waals surface area contributed by atoms with E-state index in [4.69, 9.17) is 17.3 Å². The lowest BCUT2D eigenvalue weighted by Crippen LogP contribution is -2.22. The zero-order chi connectivity index (χ0) is 11.6. The van der Waals surface area contributed by atoms with Crippen LogP contribution in [0.1, 0.15) is 10.5 Å². The minimum absolute atomic E-state index is 0.154. The molecule has 4 nitrogen and oxygen atoms in total. The Hall–Kier alpha value is -1.50. The van der Waals surface area contributed by atoms with Crippen LogP contribution < -0.4 is 10.5 Å². The third kappa shape index (κ3) is 3.28. The number of rotatable bonds is 2. The Balaban J connectivity index is 3.12. The molecule has 0 aromatic carbocycles. The van der Waals surface area contributed by atoms with Crippen molar-refractivity contribution < 1.29 is 22.7 Å². The number of halogens is 4. The Bertz CT molecular complexity index is 394. The van der Waals surface area contributed by atoms with Gasteiger partial charge in [-0.2, -0.15) is 0 Å². The fourth-order valence-corrected chi connectivity index (χ4v) is 0.954. The van der Waals surface area contributed by atoms with Crippen LogP contribution in [-0.2, 0) is 0 Å². The fourth-order valence-electron chi connectivity index (χ4n) is 0.806. The number of nitrogens with zero attached hydrogens (tertiary/aromatic N) is 1. The van der Waals surface area contributed by atoms with E-state index in [0.717, 1.165) is 12.1 Å². The molecular formula is C7H4ClF3N2O2. The lowest BCUT2D eigenvalue weighted by Gasteiger charge is -2.10. The molecule has 0 fully saturated rings. The summed E-state index contributed by atoms with van der Waals surface area (Å²) in [7, 11) is 0. The smallest absolute Gasteiger partial charge is 0.403 e. The van der Waals surface area contributed by atoms with Crippen LogP contribution in [0.15, 0.2) is 12.1 Å². The summed E-state index contributed by atoms with van der Waals surface area (Å²) in [6.45, 7) is 0. The van der Waals surface area contributed by atoms with Crippen molar-refractivity contribution in [2.75, 3.05) is 0 Å². The molecule has 8 heteroatoms. The number of primary amides is 1. The average molecular weight is 241 g/mol. The topological polar surface area (TPSA) is 65.2 Å². The van der Waals surface area contributed by atoms with Crippen LogP contribution in [0.4, 0.5) is 13.2 Å². The molecule has 1 aromatic rings. The Morgan fingerprint density at radius 3 is 2.53 bits per heavy atom. The molecule has 0 aliphatic rings. The minimum Gasteiger partial charge on any atom is -0.403 e. The number of amides is 1. The predicted molar refractivity (Wildman–Crippen MR) is 44.4 cm³/mol. The van der Waals surface area contributed by atoms with E-state index in [9.17, 15) is 18.0 Å². The zero-order valence-electron chi connectivity index (χ0n) is 7.01. The van der Waals surface area contributed by atoms with Gasteiger partial charge in [0.05, 0.1) is 0 Å². The van der Waals surface area contributed by atoms with Gasteiger partial charge in [-0.1, -0.05) is 11.6 Å². The highest BCUT2D eigenvalue weighted by Crippen LogP contribution is 2.26. The van der Waals surface area contributed by atoms with Crippen molar-refractivity contribution in [3.05, 3.63) is 23.0 Å². The number of pyridine rings is 1. The minimum atomic E-state index is -4.92. The lowest BCUT2D eigenvalue weighted by molar-refractivity contribution is -0.274. The van der Waals surface area contributed by atoms with Crippen LogP contribution in [0.3, 0.4) is 0 Å². The van der Waals surface area contributed by atoms with Crippen LogP contribution in [0, 0.1) is 0 Å². The second kappa shape index (κ2) is 3.93. The van der Waals surface area contributed by atoms with Gasteiger partial charge in [0.2, 0.25) is 0 Å². The zero-order valence-corrected chi connectivity index (χ0v) is 7.76. The summed E-state index contributed by atoms with van der Waals surface area (Å²) in [6, 6.07) is 1.91. The van der Waals surface area contributed by atoms with Crippen molar-refractivity contribution in [1.82, 2.24) is 4.98 Å². The molecule has 0 saturated heterocycles. The largest absolute Gasteiger partial charge is 0.573 e. The van der Waals surface area contributed by atoms with Gasteiger partial charge in [-0.3, -0.25) is 4.79 Å². The first kappa shape index (κ1) is 11.6. The van der Waals surface area contributed by atoms with E-state index in [1.54, 1.807) is 0 Å².